The first-order chi connectivity index (χ1) is 13.4. The van der Waals surface area contributed by atoms with E-state index in [4.69, 9.17) is 4.74 Å². The number of hydrogen-bond acceptors (Lipinski definition) is 4. The van der Waals surface area contributed by atoms with Crippen molar-refractivity contribution in [3.8, 4) is 0 Å². The summed E-state index contributed by atoms with van der Waals surface area (Å²) in [6.07, 6.45) is 3.09. The maximum Gasteiger partial charge on any atom is 0.314 e. The summed E-state index contributed by atoms with van der Waals surface area (Å²) in [5.41, 5.74) is 0. The van der Waals surface area contributed by atoms with E-state index in [1.165, 1.54) is 16.4 Å². The summed E-state index contributed by atoms with van der Waals surface area (Å²) in [5, 5.41) is 5.62. The van der Waals surface area contributed by atoms with E-state index in [0.29, 0.717) is 45.3 Å². The maximum absolute atomic E-state index is 13.0. The van der Waals surface area contributed by atoms with Gasteiger partial charge in [0.15, 0.2) is 0 Å². The number of ether oxygens (including phenoxy) is 1. The van der Waals surface area contributed by atoms with Gasteiger partial charge < -0.3 is 15.4 Å². The molecule has 0 saturated carbocycles. The molecule has 1 aliphatic rings. The number of carbonyl (C=O) groups excluding carboxylic acids is 1. The van der Waals surface area contributed by atoms with Crippen molar-refractivity contribution in [2.24, 2.45) is 5.92 Å². The number of halogens is 1. The van der Waals surface area contributed by atoms with Crippen molar-refractivity contribution >= 4 is 16.1 Å². The molecular weight excluding hydrogens is 385 g/mol. The SMILES string of the molecule is CCOCCCNC(=O)NCCC1CCN(S(=O)(=O)c2ccc(F)cc2)CC1. The summed E-state index contributed by atoms with van der Waals surface area (Å²) in [4.78, 5) is 11.8. The van der Waals surface area contributed by atoms with Crippen LogP contribution in [0.25, 0.3) is 0 Å². The molecule has 7 nitrogen and oxygen atoms in total. The van der Waals surface area contributed by atoms with Crippen LogP contribution in [0.4, 0.5) is 9.18 Å². The molecule has 1 fully saturated rings. The molecule has 9 heteroatoms. The van der Waals surface area contributed by atoms with Crippen LogP contribution in [0.3, 0.4) is 0 Å². The highest BCUT2D eigenvalue weighted by atomic mass is 32.2. The molecule has 1 saturated heterocycles. The van der Waals surface area contributed by atoms with Crippen molar-refractivity contribution in [3.63, 3.8) is 0 Å². The Hall–Kier alpha value is -1.71. The van der Waals surface area contributed by atoms with Gasteiger partial charge in [0.2, 0.25) is 10.0 Å². The first kappa shape index (κ1) is 22.6. The summed E-state index contributed by atoms with van der Waals surface area (Å²) >= 11 is 0. The Morgan fingerprint density at radius 1 is 1.18 bits per heavy atom. The molecule has 1 aliphatic heterocycles. The minimum atomic E-state index is -3.58. The second-order valence-corrected chi connectivity index (χ2v) is 8.76. The van der Waals surface area contributed by atoms with Crippen LogP contribution < -0.4 is 10.6 Å². The van der Waals surface area contributed by atoms with Crippen LogP contribution in [0.2, 0.25) is 0 Å². The largest absolute Gasteiger partial charge is 0.382 e. The van der Waals surface area contributed by atoms with Crippen LogP contribution in [0.5, 0.6) is 0 Å². The molecule has 1 aromatic carbocycles. The standard InChI is InChI=1S/C19H30FN3O4S/c1-2-27-15-3-11-21-19(24)22-12-8-16-9-13-23(14-10-16)28(25,26)18-6-4-17(20)5-7-18/h4-7,16H,2-3,8-15H2,1H3,(H2,21,22,24). The van der Waals surface area contributed by atoms with Gasteiger partial charge in [-0.05, 0) is 62.8 Å². The van der Waals surface area contributed by atoms with Crippen LogP contribution >= 0.6 is 0 Å². The minimum absolute atomic E-state index is 0.120. The second-order valence-electron chi connectivity index (χ2n) is 6.82. The van der Waals surface area contributed by atoms with Crippen LogP contribution in [-0.2, 0) is 14.8 Å². The van der Waals surface area contributed by atoms with Crippen molar-refractivity contribution in [3.05, 3.63) is 30.1 Å². The fourth-order valence-electron chi connectivity index (χ4n) is 3.17. The number of benzene rings is 1. The quantitative estimate of drug-likeness (QED) is 0.574. The summed E-state index contributed by atoms with van der Waals surface area (Å²) < 4.78 is 44.9. The van der Waals surface area contributed by atoms with Crippen molar-refractivity contribution in [1.29, 1.82) is 0 Å². The summed E-state index contributed by atoms with van der Waals surface area (Å²) in [6, 6.07) is 4.73. The van der Waals surface area contributed by atoms with Crippen molar-refractivity contribution in [2.75, 3.05) is 39.4 Å². The zero-order chi connectivity index (χ0) is 20.4. The molecule has 0 aliphatic carbocycles. The Labute approximate surface area is 166 Å². The number of amides is 2. The van der Waals surface area contributed by atoms with E-state index in [1.807, 2.05) is 6.92 Å². The van der Waals surface area contributed by atoms with E-state index in [1.54, 1.807) is 0 Å². The zero-order valence-corrected chi connectivity index (χ0v) is 17.1. The number of carbonyl (C=O) groups is 1. The molecule has 2 N–H and O–H groups in total. The Kier molecular flexibility index (Phi) is 9.14. The summed E-state index contributed by atoms with van der Waals surface area (Å²) in [6.45, 7) is 5.26. The number of piperidine rings is 1. The number of rotatable bonds is 10. The summed E-state index contributed by atoms with van der Waals surface area (Å²) in [5.74, 6) is -0.0820. The van der Waals surface area contributed by atoms with E-state index >= 15 is 0 Å². The number of nitrogens with one attached hydrogen (secondary N) is 2. The molecule has 0 bridgehead atoms. The van der Waals surface area contributed by atoms with E-state index in [0.717, 1.165) is 37.8 Å². The van der Waals surface area contributed by atoms with E-state index in [-0.39, 0.29) is 10.9 Å². The van der Waals surface area contributed by atoms with Gasteiger partial charge in [-0.1, -0.05) is 0 Å². The average molecular weight is 416 g/mol. The topological polar surface area (TPSA) is 87.7 Å². The van der Waals surface area contributed by atoms with Gasteiger partial charge in [0.1, 0.15) is 5.82 Å². The monoisotopic (exact) mass is 415 g/mol. The molecule has 0 spiro atoms. The lowest BCUT2D eigenvalue weighted by atomic mass is 9.95. The van der Waals surface area contributed by atoms with Crippen LogP contribution in [-0.4, -0.2) is 58.1 Å². The van der Waals surface area contributed by atoms with Gasteiger partial charge >= 0.3 is 6.03 Å². The lowest BCUT2D eigenvalue weighted by molar-refractivity contribution is 0.145. The van der Waals surface area contributed by atoms with Gasteiger partial charge in [0.25, 0.3) is 0 Å². The first-order valence-electron chi connectivity index (χ1n) is 9.78. The van der Waals surface area contributed by atoms with Gasteiger partial charge in [-0.3, -0.25) is 0 Å². The Morgan fingerprint density at radius 3 is 2.46 bits per heavy atom. The molecule has 2 rings (SSSR count). The third-order valence-electron chi connectivity index (χ3n) is 4.82. The molecule has 0 radical (unpaired) electrons. The van der Waals surface area contributed by atoms with Crippen molar-refractivity contribution in [1.82, 2.24) is 14.9 Å². The van der Waals surface area contributed by atoms with Gasteiger partial charge in [-0.15, -0.1) is 0 Å². The van der Waals surface area contributed by atoms with Crippen molar-refractivity contribution < 1.29 is 22.3 Å². The van der Waals surface area contributed by atoms with Gasteiger partial charge in [-0.25, -0.2) is 17.6 Å². The normalized spacial score (nSPS) is 16.1. The lowest BCUT2D eigenvalue weighted by Crippen LogP contribution is -2.40. The van der Waals surface area contributed by atoms with Crippen LogP contribution in [0.15, 0.2) is 29.2 Å². The fourth-order valence-corrected chi connectivity index (χ4v) is 4.64. The van der Waals surface area contributed by atoms with Gasteiger partial charge in [0.05, 0.1) is 4.90 Å². The predicted octanol–water partition coefficient (Wildman–Crippen LogP) is 2.34. The van der Waals surface area contributed by atoms with Gasteiger partial charge in [-0.2, -0.15) is 4.31 Å². The molecule has 1 heterocycles. The molecular formula is C19H30FN3O4S. The molecule has 2 amide bonds. The Balaban J connectivity index is 1.65. The zero-order valence-electron chi connectivity index (χ0n) is 16.3. The highest BCUT2D eigenvalue weighted by Gasteiger charge is 2.29. The van der Waals surface area contributed by atoms with Crippen molar-refractivity contribution in [2.45, 2.75) is 37.5 Å². The average Bonchev–Trinajstić information content (AvgIpc) is 2.68. The lowest BCUT2D eigenvalue weighted by Gasteiger charge is -2.31. The van der Waals surface area contributed by atoms with Gasteiger partial charge in [0, 0.05) is 39.4 Å². The maximum atomic E-state index is 13.0. The highest BCUT2D eigenvalue weighted by Crippen LogP contribution is 2.25. The summed E-state index contributed by atoms with van der Waals surface area (Å²) in [7, 11) is -3.58. The van der Waals surface area contributed by atoms with Crippen LogP contribution in [0, 0.1) is 11.7 Å². The fraction of sp³-hybridized carbons (Fsp3) is 0.632. The Morgan fingerprint density at radius 2 is 1.82 bits per heavy atom. The minimum Gasteiger partial charge on any atom is -0.382 e. The highest BCUT2D eigenvalue weighted by molar-refractivity contribution is 7.89. The molecule has 158 valence electrons. The third kappa shape index (κ3) is 7.03. The third-order valence-corrected chi connectivity index (χ3v) is 6.73. The van der Waals surface area contributed by atoms with E-state index in [9.17, 15) is 17.6 Å². The molecule has 0 aromatic heterocycles. The number of urea groups is 1. The number of hydrogen-bond donors (Lipinski definition) is 2. The molecule has 1 aromatic rings. The smallest absolute Gasteiger partial charge is 0.314 e. The number of nitrogens with zero attached hydrogens (tertiary/aromatic N) is 1. The van der Waals surface area contributed by atoms with Crippen LogP contribution in [0.1, 0.15) is 32.6 Å². The van der Waals surface area contributed by atoms with E-state index < -0.39 is 15.8 Å². The molecule has 0 unspecified atom stereocenters. The molecule has 28 heavy (non-hydrogen) atoms. The van der Waals surface area contributed by atoms with E-state index in [2.05, 4.69) is 10.6 Å². The first-order valence-corrected chi connectivity index (χ1v) is 11.2. The Bertz CT molecular complexity index is 704. The predicted molar refractivity (Wildman–Crippen MR) is 105 cm³/mol. The number of sulfonamides is 1. The second kappa shape index (κ2) is 11.3. The molecule has 0 atom stereocenters.